The van der Waals surface area contributed by atoms with Crippen LogP contribution < -0.4 is 5.73 Å². The molecule has 0 bridgehead atoms. The van der Waals surface area contributed by atoms with E-state index in [0.717, 1.165) is 11.0 Å². The second-order valence-electron chi connectivity index (χ2n) is 4.61. The van der Waals surface area contributed by atoms with Crippen molar-refractivity contribution < 1.29 is 4.79 Å². The van der Waals surface area contributed by atoms with Gasteiger partial charge >= 0.3 is 0 Å². The van der Waals surface area contributed by atoms with E-state index < -0.39 is 0 Å². The topological polar surface area (TPSA) is 60.9 Å². The molecule has 0 aliphatic rings. The summed E-state index contributed by atoms with van der Waals surface area (Å²) in [4.78, 5) is 15.6. The molecule has 2 aromatic rings. The third kappa shape index (κ3) is 2.85. The lowest BCUT2D eigenvalue weighted by atomic mass is 10.2. The normalized spacial score (nSPS) is 14.5. The highest BCUT2D eigenvalue weighted by atomic mass is 35.5. The zero-order chi connectivity index (χ0) is 14.2. The number of amides is 1. The van der Waals surface area contributed by atoms with Gasteiger partial charge in [-0.2, -0.15) is 0 Å². The Morgan fingerprint density at radius 1 is 1.47 bits per heavy atom. The predicted octanol–water partition coefficient (Wildman–Crippen LogP) is 3.43. The van der Waals surface area contributed by atoms with Crippen LogP contribution in [0.5, 0.6) is 0 Å². The molecule has 0 aliphatic heterocycles. The van der Waals surface area contributed by atoms with Crippen LogP contribution in [0.15, 0.2) is 18.2 Å². The third-order valence-electron chi connectivity index (χ3n) is 2.97. The average molecular weight is 300 g/mol. The molecule has 1 aromatic heterocycles. The molecule has 0 saturated heterocycles. The van der Waals surface area contributed by atoms with Crippen molar-refractivity contribution >= 4 is 40.1 Å². The minimum atomic E-state index is -0.350. The predicted molar refractivity (Wildman–Crippen MR) is 77.5 cm³/mol. The molecule has 0 spiro atoms. The molecular weight excluding hydrogens is 285 g/mol. The van der Waals surface area contributed by atoms with Gasteiger partial charge in [0.2, 0.25) is 5.91 Å². The molecule has 2 N–H and O–H groups in total. The molecule has 0 saturated carbocycles. The Hall–Kier alpha value is -1.26. The van der Waals surface area contributed by atoms with Gasteiger partial charge < -0.3 is 10.3 Å². The van der Waals surface area contributed by atoms with Crippen molar-refractivity contribution in [3.8, 4) is 0 Å². The maximum absolute atomic E-state index is 11.1. The first-order chi connectivity index (χ1) is 8.90. The smallest absolute Gasteiger partial charge is 0.219 e. The van der Waals surface area contributed by atoms with Crippen LogP contribution in [-0.2, 0) is 4.79 Å². The summed E-state index contributed by atoms with van der Waals surface area (Å²) in [5.74, 6) is 0.365. The summed E-state index contributed by atoms with van der Waals surface area (Å²) < 4.78 is 1.95. The second kappa shape index (κ2) is 5.39. The number of nitrogens with two attached hydrogens (primary N) is 1. The second-order valence-corrected chi connectivity index (χ2v) is 5.70. The van der Waals surface area contributed by atoms with Crippen molar-refractivity contribution in [3.05, 3.63) is 29.0 Å². The Morgan fingerprint density at radius 2 is 2.16 bits per heavy atom. The van der Waals surface area contributed by atoms with E-state index in [2.05, 4.69) is 4.98 Å². The van der Waals surface area contributed by atoms with Crippen LogP contribution in [0.25, 0.3) is 11.0 Å². The van der Waals surface area contributed by atoms with Crippen molar-refractivity contribution in [2.24, 2.45) is 5.73 Å². The van der Waals surface area contributed by atoms with Gasteiger partial charge in [-0.05, 0) is 32.0 Å². The highest BCUT2D eigenvalue weighted by Gasteiger charge is 2.20. The van der Waals surface area contributed by atoms with E-state index in [1.165, 1.54) is 0 Å². The number of imidazole rings is 1. The number of halogens is 2. The van der Waals surface area contributed by atoms with Crippen LogP contribution in [-0.4, -0.2) is 15.5 Å². The molecule has 1 heterocycles. The van der Waals surface area contributed by atoms with Crippen molar-refractivity contribution in [1.82, 2.24) is 9.55 Å². The van der Waals surface area contributed by atoms with Gasteiger partial charge in [-0.1, -0.05) is 11.6 Å². The molecule has 6 heteroatoms. The molecule has 2 unspecified atom stereocenters. The van der Waals surface area contributed by atoms with Gasteiger partial charge in [0, 0.05) is 17.5 Å². The number of rotatable bonds is 4. The molecule has 1 aromatic carbocycles. The molecule has 2 atom stereocenters. The van der Waals surface area contributed by atoms with E-state index in [0.29, 0.717) is 10.8 Å². The van der Waals surface area contributed by atoms with Crippen LogP contribution >= 0.6 is 23.2 Å². The Labute approximate surface area is 121 Å². The largest absolute Gasteiger partial charge is 0.370 e. The van der Waals surface area contributed by atoms with E-state index in [-0.39, 0.29) is 23.7 Å². The molecule has 4 nitrogen and oxygen atoms in total. The van der Waals surface area contributed by atoms with E-state index in [1.807, 2.05) is 24.5 Å². The standard InChI is InChI=1S/C13H15Cl2N3O/c1-7(5-12(16)19)18-11-4-3-9(15)6-10(11)17-13(18)8(2)14/h3-4,6-8H,5H2,1-2H3,(H2,16,19). The lowest BCUT2D eigenvalue weighted by molar-refractivity contribution is -0.118. The summed E-state index contributed by atoms with van der Waals surface area (Å²) in [5, 5.41) is 0.356. The zero-order valence-corrected chi connectivity index (χ0v) is 12.2. The van der Waals surface area contributed by atoms with Crippen LogP contribution in [0.1, 0.15) is 37.5 Å². The zero-order valence-electron chi connectivity index (χ0n) is 10.7. The van der Waals surface area contributed by atoms with Crippen LogP contribution in [0.2, 0.25) is 5.02 Å². The fraction of sp³-hybridized carbons (Fsp3) is 0.385. The Bertz CT molecular complexity index is 622. The Kier molecular flexibility index (Phi) is 4.02. The molecule has 102 valence electrons. The molecule has 1 amide bonds. The van der Waals surface area contributed by atoms with Crippen LogP contribution in [0.3, 0.4) is 0 Å². The number of alkyl halides is 1. The number of aromatic nitrogens is 2. The van der Waals surface area contributed by atoms with E-state index in [9.17, 15) is 4.79 Å². The van der Waals surface area contributed by atoms with E-state index in [1.54, 1.807) is 12.1 Å². The van der Waals surface area contributed by atoms with Crippen molar-refractivity contribution in [2.45, 2.75) is 31.7 Å². The SMILES string of the molecule is CC(Cl)c1nc2cc(Cl)ccc2n1C(C)CC(N)=O. The van der Waals surface area contributed by atoms with Gasteiger partial charge in [-0.25, -0.2) is 4.98 Å². The van der Waals surface area contributed by atoms with E-state index in [4.69, 9.17) is 28.9 Å². The summed E-state index contributed by atoms with van der Waals surface area (Å²) in [6.45, 7) is 3.76. The lowest BCUT2D eigenvalue weighted by Crippen LogP contribution is -2.19. The van der Waals surface area contributed by atoms with Gasteiger partial charge in [0.05, 0.1) is 16.4 Å². The number of primary amides is 1. The summed E-state index contributed by atoms with van der Waals surface area (Å²) in [7, 11) is 0. The molecular formula is C13H15Cl2N3O. The van der Waals surface area contributed by atoms with Gasteiger partial charge in [0.1, 0.15) is 5.82 Å². The first-order valence-corrected chi connectivity index (χ1v) is 6.81. The van der Waals surface area contributed by atoms with Gasteiger partial charge in [0.15, 0.2) is 0 Å². The molecule has 0 radical (unpaired) electrons. The number of carbonyl (C=O) groups is 1. The number of carbonyl (C=O) groups excluding carboxylic acids is 1. The number of fused-ring (bicyclic) bond motifs is 1. The molecule has 2 rings (SSSR count). The molecule has 0 fully saturated rings. The van der Waals surface area contributed by atoms with Gasteiger partial charge in [-0.15, -0.1) is 11.6 Å². The molecule has 0 aliphatic carbocycles. The van der Waals surface area contributed by atoms with Crippen LogP contribution in [0, 0.1) is 0 Å². The number of hydrogen-bond donors (Lipinski definition) is 1. The lowest BCUT2D eigenvalue weighted by Gasteiger charge is -2.17. The first kappa shape index (κ1) is 14.2. The van der Waals surface area contributed by atoms with Crippen LogP contribution in [0.4, 0.5) is 0 Å². The monoisotopic (exact) mass is 299 g/mol. The summed E-state index contributed by atoms with van der Waals surface area (Å²) in [5.41, 5.74) is 6.94. The maximum Gasteiger partial charge on any atom is 0.219 e. The number of hydrogen-bond acceptors (Lipinski definition) is 2. The van der Waals surface area contributed by atoms with Gasteiger partial charge in [0.25, 0.3) is 0 Å². The summed E-state index contributed by atoms with van der Waals surface area (Å²) in [6.07, 6.45) is 0.241. The fourth-order valence-corrected chi connectivity index (χ4v) is 2.54. The molecule has 19 heavy (non-hydrogen) atoms. The number of benzene rings is 1. The van der Waals surface area contributed by atoms with E-state index >= 15 is 0 Å². The highest BCUT2D eigenvalue weighted by Crippen LogP contribution is 2.30. The Balaban J connectivity index is 2.61. The third-order valence-corrected chi connectivity index (χ3v) is 3.40. The number of nitrogens with zero attached hydrogens (tertiary/aromatic N) is 2. The summed E-state index contributed by atoms with van der Waals surface area (Å²) in [6, 6.07) is 5.36. The average Bonchev–Trinajstić information content (AvgIpc) is 2.66. The first-order valence-electron chi connectivity index (χ1n) is 6.00. The minimum Gasteiger partial charge on any atom is -0.370 e. The fourth-order valence-electron chi connectivity index (χ4n) is 2.22. The van der Waals surface area contributed by atoms with Crippen molar-refractivity contribution in [2.75, 3.05) is 0 Å². The van der Waals surface area contributed by atoms with Crippen molar-refractivity contribution in [1.29, 1.82) is 0 Å². The maximum atomic E-state index is 11.1. The van der Waals surface area contributed by atoms with Gasteiger partial charge in [-0.3, -0.25) is 4.79 Å². The minimum absolute atomic E-state index is 0.0973. The quantitative estimate of drug-likeness (QED) is 0.879. The Morgan fingerprint density at radius 3 is 2.74 bits per heavy atom. The van der Waals surface area contributed by atoms with Crippen molar-refractivity contribution in [3.63, 3.8) is 0 Å². The summed E-state index contributed by atoms with van der Waals surface area (Å²) >= 11 is 12.1. The highest BCUT2D eigenvalue weighted by molar-refractivity contribution is 6.31.